The first-order valence-corrected chi connectivity index (χ1v) is 8.10. The van der Waals surface area contributed by atoms with Crippen LogP contribution in [0, 0.1) is 13.8 Å². The molecular weight excluding hydrogens is 280 g/mol. The average molecular weight is 300 g/mol. The van der Waals surface area contributed by atoms with Crippen LogP contribution >= 0.6 is 0 Å². The fourth-order valence-corrected chi connectivity index (χ4v) is 4.48. The van der Waals surface area contributed by atoms with E-state index in [-0.39, 0.29) is 11.4 Å². The maximum absolute atomic E-state index is 12.7. The van der Waals surface area contributed by atoms with E-state index in [1.54, 1.807) is 13.8 Å². The van der Waals surface area contributed by atoms with Crippen molar-refractivity contribution in [1.29, 1.82) is 0 Å². The zero-order valence-corrected chi connectivity index (χ0v) is 12.6. The lowest BCUT2D eigenvalue weighted by molar-refractivity contribution is -0.118. The van der Waals surface area contributed by atoms with E-state index in [2.05, 4.69) is 5.10 Å². The van der Waals surface area contributed by atoms with Crippen LogP contribution < -0.4 is 5.73 Å². The summed E-state index contributed by atoms with van der Waals surface area (Å²) in [5.74, 6) is -0.544. The first-order chi connectivity index (χ1) is 9.34. The molecule has 1 amide bonds. The minimum absolute atomic E-state index is 0.109. The molecule has 0 aliphatic carbocycles. The van der Waals surface area contributed by atoms with E-state index in [1.165, 1.54) is 8.99 Å². The maximum Gasteiger partial charge on any atom is 0.246 e. The summed E-state index contributed by atoms with van der Waals surface area (Å²) in [6.07, 6.45) is 2.82. The molecule has 1 fully saturated rings. The summed E-state index contributed by atoms with van der Waals surface area (Å²) >= 11 is 0. The van der Waals surface area contributed by atoms with E-state index in [9.17, 15) is 13.2 Å². The first-order valence-electron chi connectivity index (χ1n) is 6.66. The van der Waals surface area contributed by atoms with Gasteiger partial charge in [0.2, 0.25) is 15.9 Å². The summed E-state index contributed by atoms with van der Waals surface area (Å²) in [5, 5.41) is 4.12. The number of rotatable bonds is 4. The third kappa shape index (κ3) is 2.71. The minimum atomic E-state index is -3.54. The van der Waals surface area contributed by atoms with E-state index in [0.717, 1.165) is 19.3 Å². The van der Waals surface area contributed by atoms with Crippen LogP contribution in [-0.2, 0) is 21.4 Å². The van der Waals surface area contributed by atoms with Gasteiger partial charge in [-0.15, -0.1) is 0 Å². The summed E-state index contributed by atoms with van der Waals surface area (Å²) in [4.78, 5) is 11.2. The van der Waals surface area contributed by atoms with Crippen LogP contribution in [0.4, 0.5) is 0 Å². The molecule has 20 heavy (non-hydrogen) atoms. The maximum atomic E-state index is 12.7. The van der Waals surface area contributed by atoms with Gasteiger partial charge >= 0.3 is 0 Å². The minimum Gasteiger partial charge on any atom is -0.368 e. The number of piperidine rings is 1. The van der Waals surface area contributed by atoms with Gasteiger partial charge in [-0.25, -0.2) is 8.42 Å². The van der Waals surface area contributed by atoms with Crippen LogP contribution in [0.1, 0.15) is 30.7 Å². The lowest BCUT2D eigenvalue weighted by Crippen LogP contribution is -2.36. The highest BCUT2D eigenvalue weighted by atomic mass is 32.2. The van der Waals surface area contributed by atoms with Gasteiger partial charge in [-0.3, -0.25) is 9.48 Å². The van der Waals surface area contributed by atoms with Gasteiger partial charge in [0.05, 0.1) is 11.4 Å². The molecule has 0 unspecified atom stereocenters. The van der Waals surface area contributed by atoms with Gasteiger partial charge in [-0.2, -0.15) is 9.40 Å². The number of carbonyl (C=O) groups is 1. The van der Waals surface area contributed by atoms with Crippen LogP contribution in [0.3, 0.4) is 0 Å². The molecule has 2 N–H and O–H groups in total. The SMILES string of the molecule is Cc1nn(CC(N)=O)c(C)c1S(=O)(=O)N1CCCCC1. The summed E-state index contributed by atoms with van der Waals surface area (Å²) in [6.45, 7) is 4.27. The summed E-state index contributed by atoms with van der Waals surface area (Å²) in [6, 6.07) is 0. The van der Waals surface area contributed by atoms with Crippen molar-refractivity contribution in [3.8, 4) is 0 Å². The lowest BCUT2D eigenvalue weighted by Gasteiger charge is -2.25. The zero-order valence-electron chi connectivity index (χ0n) is 11.8. The highest BCUT2D eigenvalue weighted by Crippen LogP contribution is 2.25. The Labute approximate surface area is 118 Å². The molecule has 2 heterocycles. The molecule has 1 aromatic heterocycles. The summed E-state index contributed by atoms with van der Waals surface area (Å²) in [5.41, 5.74) is 6.02. The molecule has 0 bridgehead atoms. The van der Waals surface area contributed by atoms with Crippen LogP contribution in [0.25, 0.3) is 0 Å². The third-order valence-electron chi connectivity index (χ3n) is 3.53. The summed E-state index contributed by atoms with van der Waals surface area (Å²) in [7, 11) is -3.54. The Kier molecular flexibility index (Phi) is 4.14. The number of nitrogens with zero attached hydrogens (tertiary/aromatic N) is 3. The van der Waals surface area contributed by atoms with E-state index in [1.807, 2.05) is 0 Å². The second kappa shape index (κ2) is 5.53. The molecule has 1 saturated heterocycles. The van der Waals surface area contributed by atoms with Crippen molar-refractivity contribution in [2.24, 2.45) is 5.73 Å². The molecule has 0 atom stereocenters. The smallest absolute Gasteiger partial charge is 0.246 e. The van der Waals surface area contributed by atoms with Gasteiger partial charge < -0.3 is 5.73 Å². The van der Waals surface area contributed by atoms with Gasteiger partial charge in [0.25, 0.3) is 0 Å². The molecule has 7 nitrogen and oxygen atoms in total. The number of carbonyl (C=O) groups excluding carboxylic acids is 1. The number of aromatic nitrogens is 2. The zero-order chi connectivity index (χ0) is 14.9. The van der Waals surface area contributed by atoms with Crippen molar-refractivity contribution >= 4 is 15.9 Å². The standard InChI is InChI=1S/C12H20N4O3S/c1-9-12(10(2)16(14-9)8-11(13)17)20(18,19)15-6-4-3-5-7-15/h3-8H2,1-2H3,(H2,13,17). The largest absolute Gasteiger partial charge is 0.368 e. The van der Waals surface area contributed by atoms with Crippen molar-refractivity contribution in [2.45, 2.75) is 44.6 Å². The van der Waals surface area contributed by atoms with E-state index < -0.39 is 15.9 Å². The van der Waals surface area contributed by atoms with Gasteiger partial charge in [0.15, 0.2) is 0 Å². The molecular formula is C12H20N4O3S. The fraction of sp³-hybridized carbons (Fsp3) is 0.667. The molecule has 0 aromatic carbocycles. The van der Waals surface area contributed by atoms with Crippen molar-refractivity contribution in [1.82, 2.24) is 14.1 Å². The molecule has 0 saturated carbocycles. The Hall–Kier alpha value is -1.41. The van der Waals surface area contributed by atoms with E-state index in [4.69, 9.17) is 5.73 Å². The predicted molar refractivity (Wildman–Crippen MR) is 73.5 cm³/mol. The van der Waals surface area contributed by atoms with Crippen LogP contribution in [-0.4, -0.2) is 41.5 Å². The van der Waals surface area contributed by atoms with Crippen LogP contribution in [0.5, 0.6) is 0 Å². The molecule has 0 spiro atoms. The summed E-state index contributed by atoms with van der Waals surface area (Å²) < 4.78 is 28.2. The predicted octanol–water partition coefficient (Wildman–Crippen LogP) is 0.160. The Morgan fingerprint density at radius 3 is 2.40 bits per heavy atom. The van der Waals surface area contributed by atoms with Gasteiger partial charge in [0.1, 0.15) is 11.4 Å². The Morgan fingerprint density at radius 2 is 1.85 bits per heavy atom. The van der Waals surface area contributed by atoms with Crippen molar-refractivity contribution in [3.05, 3.63) is 11.4 Å². The fourth-order valence-electron chi connectivity index (χ4n) is 2.59. The number of aryl methyl sites for hydroxylation is 1. The lowest BCUT2D eigenvalue weighted by atomic mass is 10.2. The molecule has 1 aliphatic rings. The monoisotopic (exact) mass is 300 g/mol. The van der Waals surface area contributed by atoms with Gasteiger partial charge in [0, 0.05) is 13.1 Å². The van der Waals surface area contributed by atoms with Crippen molar-refractivity contribution < 1.29 is 13.2 Å². The quantitative estimate of drug-likeness (QED) is 0.856. The number of sulfonamides is 1. The highest BCUT2D eigenvalue weighted by molar-refractivity contribution is 7.89. The number of nitrogens with two attached hydrogens (primary N) is 1. The van der Waals surface area contributed by atoms with Crippen molar-refractivity contribution in [2.75, 3.05) is 13.1 Å². The average Bonchev–Trinajstić information content (AvgIpc) is 2.65. The second-order valence-electron chi connectivity index (χ2n) is 5.09. The van der Waals surface area contributed by atoms with Crippen molar-refractivity contribution in [3.63, 3.8) is 0 Å². The van der Waals surface area contributed by atoms with Crippen LogP contribution in [0.2, 0.25) is 0 Å². The Bertz CT molecular complexity index is 615. The molecule has 2 rings (SSSR count). The van der Waals surface area contributed by atoms with E-state index in [0.29, 0.717) is 24.5 Å². The number of primary amides is 1. The third-order valence-corrected chi connectivity index (χ3v) is 5.69. The first kappa shape index (κ1) is 15.0. The Balaban J connectivity index is 2.41. The van der Waals surface area contributed by atoms with Crippen LogP contribution in [0.15, 0.2) is 4.90 Å². The number of amides is 1. The highest BCUT2D eigenvalue weighted by Gasteiger charge is 2.31. The molecule has 112 valence electrons. The normalized spacial score (nSPS) is 17.3. The number of hydrogen-bond acceptors (Lipinski definition) is 4. The van der Waals surface area contributed by atoms with Gasteiger partial charge in [-0.1, -0.05) is 6.42 Å². The molecule has 1 aliphatic heterocycles. The van der Waals surface area contributed by atoms with Gasteiger partial charge in [-0.05, 0) is 26.7 Å². The molecule has 1 aromatic rings. The number of hydrogen-bond donors (Lipinski definition) is 1. The molecule has 0 radical (unpaired) electrons. The Morgan fingerprint density at radius 1 is 1.25 bits per heavy atom. The van der Waals surface area contributed by atoms with E-state index >= 15 is 0 Å². The molecule has 8 heteroatoms. The topological polar surface area (TPSA) is 98.3 Å². The second-order valence-corrected chi connectivity index (χ2v) is 6.96.